The number of ketones is 1. The van der Waals surface area contributed by atoms with Crippen LogP contribution in [0.5, 0.6) is 0 Å². The number of piperidine rings is 1. The molecule has 4 N–H and O–H groups in total. The zero-order valence-corrected chi connectivity index (χ0v) is 31.6. The zero-order chi connectivity index (χ0) is 37.9. The van der Waals surface area contributed by atoms with E-state index in [0.717, 1.165) is 0 Å². The van der Waals surface area contributed by atoms with Crippen molar-refractivity contribution in [3.63, 3.8) is 0 Å². The molecule has 0 bridgehead atoms. The summed E-state index contributed by atoms with van der Waals surface area (Å²) in [6.07, 6.45) is 0.554. The average molecular weight is 719 g/mol. The van der Waals surface area contributed by atoms with Crippen molar-refractivity contribution in [2.24, 2.45) is 22.7 Å². The van der Waals surface area contributed by atoms with Crippen molar-refractivity contribution in [3.05, 3.63) is 35.9 Å². The first-order valence-electron chi connectivity index (χ1n) is 17.1. The summed E-state index contributed by atoms with van der Waals surface area (Å²) in [5.74, 6) is -4.52. The fourth-order valence-corrected chi connectivity index (χ4v) is 7.56. The second kappa shape index (κ2) is 15.6. The molecule has 50 heavy (non-hydrogen) atoms. The lowest BCUT2D eigenvalue weighted by molar-refractivity contribution is -0.145. The van der Waals surface area contributed by atoms with Crippen LogP contribution in [0.1, 0.15) is 79.8 Å². The summed E-state index contributed by atoms with van der Waals surface area (Å²) in [5, 5.41) is 6.82. The van der Waals surface area contributed by atoms with E-state index >= 15 is 0 Å². The van der Waals surface area contributed by atoms with Gasteiger partial charge in [0.1, 0.15) is 18.1 Å². The zero-order valence-electron chi connectivity index (χ0n) is 30.8. The molecule has 5 amide bonds. The third-order valence-corrected chi connectivity index (χ3v) is 11.6. The highest BCUT2D eigenvalue weighted by atomic mass is 32.2. The van der Waals surface area contributed by atoms with Gasteiger partial charge < -0.3 is 25.8 Å². The normalized spacial score (nSPS) is 21.3. The standard InChI is InChI=1S/C35H54N6O8S/c1-11-15-23(28(43)31(45)36-18-24(42)38-26(32(46)40(9)10)21-16-13-12-14-17-21)37-30(44)27-25-22(35(25,7)8)19-41(27)33(47)29(34(4,5)6)39-50(48,49)20(2)3/h12-14,16-17,20,22-23,25-27,29,39H,11,15,18-19H2,1-10H3,(H,36,45)(H,37,44)(H,38,42)/t22?,23-,25-,26-,27-,29+/m0/s1. The van der Waals surface area contributed by atoms with Gasteiger partial charge in [0.25, 0.3) is 5.91 Å². The minimum absolute atomic E-state index is 0.00856. The fraction of sp³-hybridized carbons (Fsp3) is 0.657. The highest BCUT2D eigenvalue weighted by Gasteiger charge is 2.70. The Hall–Kier alpha value is -3.85. The molecule has 1 aliphatic carbocycles. The van der Waals surface area contributed by atoms with Crippen LogP contribution in [0, 0.1) is 22.7 Å². The van der Waals surface area contributed by atoms with Crippen LogP contribution >= 0.6 is 0 Å². The molecule has 1 heterocycles. The van der Waals surface area contributed by atoms with Gasteiger partial charge in [-0.3, -0.25) is 28.8 Å². The van der Waals surface area contributed by atoms with Gasteiger partial charge in [0, 0.05) is 20.6 Å². The van der Waals surface area contributed by atoms with Crippen molar-refractivity contribution in [3.8, 4) is 0 Å². The lowest BCUT2D eigenvalue weighted by atomic mass is 9.86. The number of likely N-dealkylation sites (N-methyl/N-ethyl adjacent to an activating group) is 1. The molecule has 3 rings (SSSR count). The number of Topliss-reactive ketones (excluding diaryl/α,β-unsaturated/α-hetero) is 1. The number of fused-ring (bicyclic) bond motifs is 1. The van der Waals surface area contributed by atoms with Gasteiger partial charge in [-0.25, -0.2) is 13.1 Å². The van der Waals surface area contributed by atoms with Crippen LogP contribution in [0.15, 0.2) is 30.3 Å². The molecule has 0 spiro atoms. The van der Waals surface area contributed by atoms with E-state index in [1.807, 2.05) is 13.8 Å². The van der Waals surface area contributed by atoms with Gasteiger partial charge in [0.2, 0.25) is 39.4 Å². The van der Waals surface area contributed by atoms with E-state index in [4.69, 9.17) is 0 Å². The predicted molar refractivity (Wildman–Crippen MR) is 188 cm³/mol. The Morgan fingerprint density at radius 1 is 1.00 bits per heavy atom. The average Bonchev–Trinajstić information content (AvgIpc) is 3.33. The molecule has 278 valence electrons. The summed E-state index contributed by atoms with van der Waals surface area (Å²) >= 11 is 0. The van der Waals surface area contributed by atoms with Crippen molar-refractivity contribution in [1.29, 1.82) is 0 Å². The first-order valence-corrected chi connectivity index (χ1v) is 18.6. The summed E-state index contributed by atoms with van der Waals surface area (Å²) in [6.45, 7) is 13.7. The molecule has 1 aromatic carbocycles. The summed E-state index contributed by atoms with van der Waals surface area (Å²) in [4.78, 5) is 82.7. The van der Waals surface area contributed by atoms with Crippen LogP contribution in [0.2, 0.25) is 0 Å². The summed E-state index contributed by atoms with van der Waals surface area (Å²) in [6, 6.07) is 4.21. The number of hydrogen-bond acceptors (Lipinski definition) is 8. The Morgan fingerprint density at radius 3 is 2.12 bits per heavy atom. The van der Waals surface area contributed by atoms with Crippen molar-refractivity contribution in [2.75, 3.05) is 27.2 Å². The third kappa shape index (κ3) is 9.08. The number of hydrogen-bond donors (Lipinski definition) is 4. The Kier molecular flexibility index (Phi) is 12.6. The monoisotopic (exact) mass is 718 g/mol. The molecule has 0 aromatic heterocycles. The minimum atomic E-state index is -3.84. The summed E-state index contributed by atoms with van der Waals surface area (Å²) < 4.78 is 28.2. The van der Waals surface area contributed by atoms with Crippen molar-refractivity contribution >= 4 is 45.3 Å². The number of nitrogens with zero attached hydrogens (tertiary/aromatic N) is 2. The van der Waals surface area contributed by atoms with Gasteiger partial charge in [0.05, 0.1) is 17.8 Å². The first kappa shape index (κ1) is 40.6. The van der Waals surface area contributed by atoms with Crippen molar-refractivity contribution in [1.82, 2.24) is 30.5 Å². The second-order valence-corrected chi connectivity index (χ2v) is 17.7. The topological polar surface area (TPSA) is 191 Å². The Bertz CT molecular complexity index is 1570. The fourth-order valence-electron chi connectivity index (χ4n) is 6.50. The molecule has 1 saturated carbocycles. The highest BCUT2D eigenvalue weighted by Crippen LogP contribution is 2.65. The van der Waals surface area contributed by atoms with E-state index in [0.29, 0.717) is 12.0 Å². The molecule has 1 aromatic rings. The Morgan fingerprint density at radius 2 is 1.60 bits per heavy atom. The number of nitrogens with one attached hydrogen (secondary N) is 4. The summed E-state index contributed by atoms with van der Waals surface area (Å²) in [7, 11) is -0.739. The maximum Gasteiger partial charge on any atom is 0.290 e. The third-order valence-electron chi connectivity index (χ3n) is 9.75. The number of likely N-dealkylation sites (tertiary alicyclic amines) is 1. The van der Waals surface area contributed by atoms with E-state index in [1.165, 1.54) is 23.6 Å². The molecule has 14 nitrogen and oxygen atoms in total. The van der Waals surface area contributed by atoms with Gasteiger partial charge in [-0.05, 0) is 48.5 Å². The quantitative estimate of drug-likeness (QED) is 0.194. The van der Waals surface area contributed by atoms with Crippen LogP contribution in [-0.4, -0.2) is 104 Å². The molecule has 0 radical (unpaired) electrons. The number of sulfonamides is 1. The Labute approximate surface area is 295 Å². The van der Waals surface area contributed by atoms with Gasteiger partial charge >= 0.3 is 0 Å². The first-order chi connectivity index (χ1) is 23.1. The van der Waals surface area contributed by atoms with Gasteiger partial charge in [-0.2, -0.15) is 0 Å². The van der Waals surface area contributed by atoms with Crippen LogP contribution in [0.4, 0.5) is 0 Å². The maximum atomic E-state index is 14.1. The second-order valence-electron chi connectivity index (χ2n) is 15.4. The van der Waals surface area contributed by atoms with Gasteiger partial charge in [0.15, 0.2) is 0 Å². The highest BCUT2D eigenvalue weighted by molar-refractivity contribution is 7.90. The number of carbonyl (C=O) groups excluding carboxylic acids is 6. The van der Waals surface area contributed by atoms with Gasteiger partial charge in [-0.15, -0.1) is 0 Å². The van der Waals surface area contributed by atoms with Crippen LogP contribution in [-0.2, 0) is 38.8 Å². The van der Waals surface area contributed by atoms with Crippen LogP contribution in [0.25, 0.3) is 0 Å². The lowest BCUT2D eigenvalue weighted by Crippen LogP contribution is -2.61. The van der Waals surface area contributed by atoms with Crippen LogP contribution in [0.3, 0.4) is 0 Å². The molecule has 2 aliphatic rings. The minimum Gasteiger partial charge on any atom is -0.347 e. The molecular formula is C35H54N6O8S. The van der Waals surface area contributed by atoms with E-state index in [1.54, 1.807) is 72.1 Å². The number of benzene rings is 1. The smallest absolute Gasteiger partial charge is 0.290 e. The molecule has 1 unspecified atom stereocenters. The van der Waals surface area contributed by atoms with Crippen molar-refractivity contribution < 1.29 is 37.2 Å². The summed E-state index contributed by atoms with van der Waals surface area (Å²) in [5.41, 5.74) is -0.554. The van der Waals surface area contributed by atoms with E-state index in [2.05, 4.69) is 20.7 Å². The molecule has 1 saturated heterocycles. The SMILES string of the molecule is CCC[C@H](NC(=O)[C@@H]1[C@@H]2C(CN1C(=O)[C@@H](NS(=O)(=O)C(C)C)C(C)(C)C)C2(C)C)C(=O)C(=O)NCC(=O)N[C@H](C(=O)N(C)C)c1ccccc1. The van der Waals surface area contributed by atoms with Crippen LogP contribution < -0.4 is 20.7 Å². The molecule has 6 atom stereocenters. The molecule has 1 aliphatic heterocycles. The molecule has 15 heteroatoms. The molecule has 2 fully saturated rings. The number of carbonyl (C=O) groups is 6. The largest absolute Gasteiger partial charge is 0.347 e. The van der Waals surface area contributed by atoms with E-state index < -0.39 is 80.8 Å². The predicted octanol–water partition coefficient (Wildman–Crippen LogP) is 1.13. The Balaban J connectivity index is 1.75. The van der Waals surface area contributed by atoms with Crippen molar-refractivity contribution in [2.45, 2.75) is 97.6 Å². The lowest BCUT2D eigenvalue weighted by Gasteiger charge is -2.38. The van der Waals surface area contributed by atoms with E-state index in [9.17, 15) is 37.2 Å². The van der Waals surface area contributed by atoms with E-state index in [-0.39, 0.29) is 36.1 Å². The maximum absolute atomic E-state index is 14.1. The van der Waals surface area contributed by atoms with Gasteiger partial charge in [-0.1, -0.05) is 78.3 Å². The molecular weight excluding hydrogens is 664 g/mol. The number of amides is 5. The number of rotatable bonds is 15.